The molecule has 1 aliphatic rings. The molecule has 3 nitrogen and oxygen atoms in total. The Morgan fingerprint density at radius 3 is 2.90 bits per heavy atom. The molecule has 1 heterocycles. The van der Waals surface area contributed by atoms with E-state index in [1.54, 1.807) is 0 Å². The standard InChI is InChI=1S/C17H19NO2S/c1-12-2-5-17(15(18)10-12)21(19)9-7-13-3-4-16-14(11-13)6-8-20-16/h2-5,10-11H,6-9,18H2,1H3. The van der Waals surface area contributed by atoms with Crippen LogP contribution in [0.15, 0.2) is 41.3 Å². The van der Waals surface area contributed by atoms with E-state index < -0.39 is 10.8 Å². The zero-order chi connectivity index (χ0) is 14.8. The lowest BCUT2D eigenvalue weighted by Gasteiger charge is -2.08. The summed E-state index contributed by atoms with van der Waals surface area (Å²) in [6, 6.07) is 11.9. The van der Waals surface area contributed by atoms with Crippen LogP contribution in [-0.2, 0) is 23.6 Å². The molecular weight excluding hydrogens is 282 g/mol. The van der Waals surface area contributed by atoms with Gasteiger partial charge >= 0.3 is 0 Å². The summed E-state index contributed by atoms with van der Waals surface area (Å²) >= 11 is 0. The number of fused-ring (bicyclic) bond motifs is 1. The second-order valence-electron chi connectivity index (χ2n) is 5.38. The molecular formula is C17H19NO2S. The van der Waals surface area contributed by atoms with Gasteiger partial charge in [-0.15, -0.1) is 0 Å². The highest BCUT2D eigenvalue weighted by Crippen LogP contribution is 2.26. The molecule has 0 saturated carbocycles. The number of hydrogen-bond acceptors (Lipinski definition) is 3. The summed E-state index contributed by atoms with van der Waals surface area (Å²) in [7, 11) is -1.06. The Morgan fingerprint density at radius 1 is 1.24 bits per heavy atom. The molecule has 110 valence electrons. The van der Waals surface area contributed by atoms with Crippen LogP contribution in [0.2, 0.25) is 0 Å². The molecule has 0 bridgehead atoms. The minimum Gasteiger partial charge on any atom is -0.493 e. The van der Waals surface area contributed by atoms with Crippen molar-refractivity contribution in [2.24, 2.45) is 0 Å². The number of ether oxygens (including phenoxy) is 1. The Morgan fingerprint density at radius 2 is 2.10 bits per heavy atom. The van der Waals surface area contributed by atoms with Gasteiger partial charge in [-0.05, 0) is 48.2 Å². The normalized spacial score (nSPS) is 14.5. The number of nitrogen functional groups attached to an aromatic ring is 1. The van der Waals surface area contributed by atoms with Crippen molar-refractivity contribution in [2.75, 3.05) is 18.1 Å². The van der Waals surface area contributed by atoms with Gasteiger partial charge in [0.25, 0.3) is 0 Å². The highest BCUT2D eigenvalue weighted by molar-refractivity contribution is 7.85. The predicted octanol–water partition coefficient (Wildman–Crippen LogP) is 2.86. The van der Waals surface area contributed by atoms with Crippen LogP contribution in [0.1, 0.15) is 16.7 Å². The van der Waals surface area contributed by atoms with Crippen molar-refractivity contribution in [3.05, 3.63) is 53.1 Å². The summed E-state index contributed by atoms with van der Waals surface area (Å²) in [6.45, 7) is 2.75. The number of rotatable bonds is 4. The number of nitrogens with two attached hydrogens (primary N) is 1. The molecule has 1 unspecified atom stereocenters. The lowest BCUT2D eigenvalue weighted by Crippen LogP contribution is -2.05. The first-order valence-electron chi connectivity index (χ1n) is 7.12. The van der Waals surface area contributed by atoms with Crippen molar-refractivity contribution in [2.45, 2.75) is 24.7 Å². The molecule has 2 aromatic rings. The number of benzene rings is 2. The van der Waals surface area contributed by atoms with E-state index in [1.165, 1.54) is 11.1 Å². The van der Waals surface area contributed by atoms with Crippen LogP contribution in [0, 0.1) is 6.92 Å². The van der Waals surface area contributed by atoms with Gasteiger partial charge in [-0.25, -0.2) is 0 Å². The van der Waals surface area contributed by atoms with E-state index in [9.17, 15) is 4.21 Å². The number of hydrogen-bond donors (Lipinski definition) is 1. The zero-order valence-electron chi connectivity index (χ0n) is 12.1. The van der Waals surface area contributed by atoms with Crippen molar-refractivity contribution < 1.29 is 8.95 Å². The molecule has 21 heavy (non-hydrogen) atoms. The first kappa shape index (κ1) is 14.1. The quantitative estimate of drug-likeness (QED) is 0.884. The topological polar surface area (TPSA) is 52.3 Å². The molecule has 4 heteroatoms. The van der Waals surface area contributed by atoms with E-state index >= 15 is 0 Å². The number of anilines is 1. The molecule has 2 aromatic carbocycles. The van der Waals surface area contributed by atoms with Crippen LogP contribution < -0.4 is 10.5 Å². The van der Waals surface area contributed by atoms with Crippen LogP contribution in [0.4, 0.5) is 5.69 Å². The van der Waals surface area contributed by atoms with Gasteiger partial charge in [0.2, 0.25) is 0 Å². The van der Waals surface area contributed by atoms with Crippen LogP contribution >= 0.6 is 0 Å². The third kappa shape index (κ3) is 3.10. The summed E-state index contributed by atoms with van der Waals surface area (Å²) < 4.78 is 17.9. The molecule has 0 amide bonds. The van der Waals surface area contributed by atoms with Gasteiger partial charge in [0, 0.05) is 17.9 Å². The first-order chi connectivity index (χ1) is 10.1. The SMILES string of the molecule is Cc1ccc(S(=O)CCc2ccc3c(c2)CCO3)c(N)c1. The molecule has 0 aromatic heterocycles. The van der Waals surface area contributed by atoms with Crippen molar-refractivity contribution >= 4 is 16.5 Å². The second kappa shape index (κ2) is 5.90. The largest absolute Gasteiger partial charge is 0.493 e. The maximum absolute atomic E-state index is 12.4. The molecule has 1 atom stereocenters. The van der Waals surface area contributed by atoms with E-state index in [0.717, 1.165) is 35.7 Å². The van der Waals surface area contributed by atoms with Gasteiger partial charge < -0.3 is 10.5 Å². The minimum atomic E-state index is -1.06. The highest BCUT2D eigenvalue weighted by Gasteiger charge is 2.13. The number of aryl methyl sites for hydroxylation is 2. The maximum atomic E-state index is 12.4. The van der Waals surface area contributed by atoms with Crippen molar-refractivity contribution in [1.29, 1.82) is 0 Å². The minimum absolute atomic E-state index is 0.590. The molecule has 0 radical (unpaired) electrons. The molecule has 0 aliphatic carbocycles. The fraction of sp³-hybridized carbons (Fsp3) is 0.294. The molecule has 0 fully saturated rings. The highest BCUT2D eigenvalue weighted by atomic mass is 32.2. The Hall–Kier alpha value is -1.81. The van der Waals surface area contributed by atoms with Crippen molar-refractivity contribution in [3.63, 3.8) is 0 Å². The lowest BCUT2D eigenvalue weighted by molar-refractivity contribution is 0.357. The van der Waals surface area contributed by atoms with Crippen molar-refractivity contribution in [3.8, 4) is 5.75 Å². The van der Waals surface area contributed by atoms with Crippen LogP contribution in [0.5, 0.6) is 5.75 Å². The Balaban J connectivity index is 1.68. The van der Waals surface area contributed by atoms with Gasteiger partial charge in [0.05, 0.1) is 22.3 Å². The molecule has 1 aliphatic heterocycles. The van der Waals surface area contributed by atoms with E-state index in [4.69, 9.17) is 10.5 Å². The van der Waals surface area contributed by atoms with E-state index in [2.05, 4.69) is 12.1 Å². The van der Waals surface area contributed by atoms with Crippen LogP contribution in [0.3, 0.4) is 0 Å². The van der Waals surface area contributed by atoms with Crippen LogP contribution in [-0.4, -0.2) is 16.6 Å². The summed E-state index contributed by atoms with van der Waals surface area (Å²) in [5.74, 6) is 1.58. The average molecular weight is 301 g/mol. The summed E-state index contributed by atoms with van der Waals surface area (Å²) in [4.78, 5) is 0.741. The third-order valence-corrected chi connectivity index (χ3v) is 5.18. The molecule has 2 N–H and O–H groups in total. The third-order valence-electron chi connectivity index (χ3n) is 3.74. The van der Waals surface area contributed by atoms with Gasteiger partial charge in [0.1, 0.15) is 5.75 Å². The van der Waals surface area contributed by atoms with Crippen LogP contribution in [0.25, 0.3) is 0 Å². The summed E-state index contributed by atoms with van der Waals surface area (Å²) in [5, 5.41) is 0. The van der Waals surface area contributed by atoms with E-state index in [1.807, 2.05) is 31.2 Å². The average Bonchev–Trinajstić information content (AvgIpc) is 2.92. The smallest absolute Gasteiger partial charge is 0.122 e. The monoisotopic (exact) mass is 301 g/mol. The summed E-state index contributed by atoms with van der Waals surface area (Å²) in [5.41, 5.74) is 10.1. The van der Waals surface area contributed by atoms with Gasteiger partial charge in [-0.3, -0.25) is 4.21 Å². The Kier molecular flexibility index (Phi) is 3.97. The molecule has 0 spiro atoms. The molecule has 3 rings (SSSR count). The van der Waals surface area contributed by atoms with Gasteiger partial charge in [0.15, 0.2) is 0 Å². The van der Waals surface area contributed by atoms with E-state index in [0.29, 0.717) is 11.4 Å². The Labute approximate surface area is 127 Å². The lowest BCUT2D eigenvalue weighted by atomic mass is 10.1. The fourth-order valence-electron chi connectivity index (χ4n) is 2.59. The first-order valence-corrected chi connectivity index (χ1v) is 8.44. The van der Waals surface area contributed by atoms with Crippen molar-refractivity contribution in [1.82, 2.24) is 0 Å². The maximum Gasteiger partial charge on any atom is 0.122 e. The molecule has 0 saturated heterocycles. The van der Waals surface area contributed by atoms with E-state index in [-0.39, 0.29) is 0 Å². The zero-order valence-corrected chi connectivity index (χ0v) is 12.9. The van der Waals surface area contributed by atoms with Gasteiger partial charge in [-0.2, -0.15) is 0 Å². The van der Waals surface area contributed by atoms with Gasteiger partial charge in [-0.1, -0.05) is 18.2 Å². The Bertz CT molecular complexity index is 697. The predicted molar refractivity (Wildman–Crippen MR) is 86.2 cm³/mol. The summed E-state index contributed by atoms with van der Waals surface area (Å²) in [6.07, 6.45) is 1.75. The fourth-order valence-corrected chi connectivity index (χ4v) is 3.77. The second-order valence-corrected chi connectivity index (χ2v) is 6.92.